The first-order valence-electron chi connectivity index (χ1n) is 4.34. The Hall–Kier alpha value is -0.570. The topological polar surface area (TPSA) is 46.5 Å². The van der Waals surface area contributed by atoms with E-state index in [2.05, 4.69) is 13.8 Å². The second-order valence-corrected chi connectivity index (χ2v) is 4.16. The lowest BCUT2D eigenvalue weighted by molar-refractivity contribution is -0.159. The Morgan fingerprint density at radius 1 is 1.58 bits per heavy atom. The number of carboxylic acid groups (broad SMARTS) is 1. The molecule has 0 aliphatic carbocycles. The minimum absolute atomic E-state index is 0.0556. The van der Waals surface area contributed by atoms with E-state index in [1.807, 2.05) is 0 Å². The maximum Gasteiger partial charge on any atom is 0.304 e. The van der Waals surface area contributed by atoms with Crippen LogP contribution in [0.15, 0.2) is 0 Å². The highest BCUT2D eigenvalue weighted by atomic mass is 16.5. The quantitative estimate of drug-likeness (QED) is 0.699. The zero-order valence-electron chi connectivity index (χ0n) is 7.67. The lowest BCUT2D eigenvalue weighted by Gasteiger charge is -2.41. The summed E-state index contributed by atoms with van der Waals surface area (Å²) >= 11 is 0. The fourth-order valence-corrected chi connectivity index (χ4v) is 1.87. The molecule has 70 valence electrons. The van der Waals surface area contributed by atoms with Crippen LogP contribution in [-0.4, -0.2) is 24.3 Å². The van der Waals surface area contributed by atoms with Gasteiger partial charge in [0.15, 0.2) is 0 Å². The summed E-state index contributed by atoms with van der Waals surface area (Å²) in [6.07, 6.45) is 1.21. The summed E-state index contributed by atoms with van der Waals surface area (Å²) in [7, 11) is 0. The standard InChI is InChI=1S/C9H16O3/c1-7(2)3-9(4-8(10)11)5-12-6-9/h7H,3-6H2,1-2H3,(H,10,11). The van der Waals surface area contributed by atoms with Crippen LogP contribution in [0.2, 0.25) is 0 Å². The number of aliphatic carboxylic acids is 1. The molecule has 0 aromatic rings. The van der Waals surface area contributed by atoms with Crippen molar-refractivity contribution in [1.29, 1.82) is 0 Å². The number of rotatable bonds is 4. The van der Waals surface area contributed by atoms with Crippen molar-refractivity contribution < 1.29 is 14.6 Å². The van der Waals surface area contributed by atoms with Gasteiger partial charge in [0.1, 0.15) is 0 Å². The van der Waals surface area contributed by atoms with Gasteiger partial charge in [0, 0.05) is 5.41 Å². The first kappa shape index (κ1) is 9.52. The van der Waals surface area contributed by atoms with E-state index in [4.69, 9.17) is 9.84 Å². The van der Waals surface area contributed by atoms with E-state index in [1.165, 1.54) is 0 Å². The van der Waals surface area contributed by atoms with E-state index in [-0.39, 0.29) is 11.8 Å². The molecule has 0 unspecified atom stereocenters. The molecule has 1 aliphatic heterocycles. The molecule has 1 N–H and O–H groups in total. The zero-order valence-corrected chi connectivity index (χ0v) is 7.67. The van der Waals surface area contributed by atoms with Gasteiger partial charge < -0.3 is 9.84 Å². The van der Waals surface area contributed by atoms with Crippen molar-refractivity contribution in [3.8, 4) is 0 Å². The molecule has 1 aliphatic rings. The van der Waals surface area contributed by atoms with Crippen LogP contribution in [0.3, 0.4) is 0 Å². The van der Waals surface area contributed by atoms with Gasteiger partial charge in [-0.2, -0.15) is 0 Å². The summed E-state index contributed by atoms with van der Waals surface area (Å²) in [5, 5.41) is 8.67. The Morgan fingerprint density at radius 3 is 2.42 bits per heavy atom. The van der Waals surface area contributed by atoms with Crippen molar-refractivity contribution in [1.82, 2.24) is 0 Å². The zero-order chi connectivity index (χ0) is 9.19. The molecule has 0 aromatic carbocycles. The maximum absolute atomic E-state index is 10.5. The third-order valence-corrected chi connectivity index (χ3v) is 2.18. The summed E-state index contributed by atoms with van der Waals surface area (Å²) in [5.41, 5.74) is -0.0556. The van der Waals surface area contributed by atoms with Crippen molar-refractivity contribution in [2.24, 2.45) is 11.3 Å². The molecular formula is C9H16O3. The van der Waals surface area contributed by atoms with E-state index in [0.29, 0.717) is 19.1 Å². The average Bonchev–Trinajstić information content (AvgIpc) is 1.80. The summed E-state index contributed by atoms with van der Waals surface area (Å²) in [5.74, 6) is -0.160. The van der Waals surface area contributed by atoms with Crippen molar-refractivity contribution in [2.75, 3.05) is 13.2 Å². The summed E-state index contributed by atoms with van der Waals surface area (Å²) < 4.78 is 5.08. The molecule has 0 bridgehead atoms. The molecular weight excluding hydrogens is 156 g/mol. The molecule has 0 aromatic heterocycles. The van der Waals surface area contributed by atoms with Crippen molar-refractivity contribution in [3.05, 3.63) is 0 Å². The lowest BCUT2D eigenvalue weighted by Crippen LogP contribution is -2.45. The van der Waals surface area contributed by atoms with E-state index in [9.17, 15) is 4.79 Å². The predicted octanol–water partition coefficient (Wildman–Crippen LogP) is 1.52. The van der Waals surface area contributed by atoms with Gasteiger partial charge in [0.25, 0.3) is 0 Å². The molecule has 1 fully saturated rings. The molecule has 1 rings (SSSR count). The van der Waals surface area contributed by atoms with Gasteiger partial charge in [-0.05, 0) is 12.3 Å². The first-order chi connectivity index (χ1) is 5.54. The number of hydrogen-bond donors (Lipinski definition) is 1. The van der Waals surface area contributed by atoms with Gasteiger partial charge in [-0.1, -0.05) is 13.8 Å². The molecule has 1 heterocycles. The SMILES string of the molecule is CC(C)CC1(CC(=O)O)COC1. The molecule has 3 heteroatoms. The van der Waals surface area contributed by atoms with Gasteiger partial charge in [0.2, 0.25) is 0 Å². The largest absolute Gasteiger partial charge is 0.481 e. The molecule has 0 radical (unpaired) electrons. The van der Waals surface area contributed by atoms with E-state index < -0.39 is 5.97 Å². The lowest BCUT2D eigenvalue weighted by atomic mass is 9.76. The van der Waals surface area contributed by atoms with Gasteiger partial charge in [-0.3, -0.25) is 4.79 Å². The Bertz CT molecular complexity index is 171. The van der Waals surface area contributed by atoms with E-state index in [1.54, 1.807) is 0 Å². The average molecular weight is 172 g/mol. The van der Waals surface area contributed by atoms with E-state index in [0.717, 1.165) is 6.42 Å². The Labute approximate surface area is 72.7 Å². The van der Waals surface area contributed by atoms with Gasteiger partial charge in [-0.15, -0.1) is 0 Å². The first-order valence-corrected chi connectivity index (χ1v) is 4.34. The second kappa shape index (κ2) is 3.44. The highest BCUT2D eigenvalue weighted by molar-refractivity contribution is 5.67. The third kappa shape index (κ3) is 2.21. The fourth-order valence-electron chi connectivity index (χ4n) is 1.87. The van der Waals surface area contributed by atoms with Crippen LogP contribution in [0.1, 0.15) is 26.7 Å². The van der Waals surface area contributed by atoms with Crippen molar-refractivity contribution in [2.45, 2.75) is 26.7 Å². The van der Waals surface area contributed by atoms with Crippen LogP contribution in [-0.2, 0) is 9.53 Å². The highest BCUT2D eigenvalue weighted by Crippen LogP contribution is 2.37. The summed E-state index contributed by atoms with van der Waals surface area (Å²) in [4.78, 5) is 10.5. The summed E-state index contributed by atoms with van der Waals surface area (Å²) in [6.45, 7) is 5.47. The van der Waals surface area contributed by atoms with Crippen LogP contribution in [0.5, 0.6) is 0 Å². The maximum atomic E-state index is 10.5. The second-order valence-electron chi connectivity index (χ2n) is 4.16. The van der Waals surface area contributed by atoms with Gasteiger partial charge >= 0.3 is 5.97 Å². The van der Waals surface area contributed by atoms with Crippen LogP contribution >= 0.6 is 0 Å². The molecule has 12 heavy (non-hydrogen) atoms. The third-order valence-electron chi connectivity index (χ3n) is 2.18. The fraction of sp³-hybridized carbons (Fsp3) is 0.889. The monoisotopic (exact) mass is 172 g/mol. The van der Waals surface area contributed by atoms with E-state index >= 15 is 0 Å². The minimum atomic E-state index is -0.709. The van der Waals surface area contributed by atoms with Gasteiger partial charge in [0.05, 0.1) is 19.6 Å². The smallest absolute Gasteiger partial charge is 0.304 e. The number of ether oxygens (including phenoxy) is 1. The summed E-state index contributed by atoms with van der Waals surface area (Å²) in [6, 6.07) is 0. The van der Waals surface area contributed by atoms with Crippen molar-refractivity contribution in [3.63, 3.8) is 0 Å². The molecule has 1 saturated heterocycles. The van der Waals surface area contributed by atoms with Crippen LogP contribution in [0.4, 0.5) is 0 Å². The van der Waals surface area contributed by atoms with Gasteiger partial charge in [-0.25, -0.2) is 0 Å². The molecule has 0 saturated carbocycles. The van der Waals surface area contributed by atoms with Crippen molar-refractivity contribution >= 4 is 5.97 Å². The molecule has 0 amide bonds. The minimum Gasteiger partial charge on any atom is -0.481 e. The number of hydrogen-bond acceptors (Lipinski definition) is 2. The Kier molecular flexibility index (Phi) is 2.73. The Balaban J connectivity index is 2.45. The Morgan fingerprint density at radius 2 is 2.17 bits per heavy atom. The predicted molar refractivity (Wildman–Crippen MR) is 45.0 cm³/mol. The van der Waals surface area contributed by atoms with Crippen LogP contribution in [0, 0.1) is 11.3 Å². The van der Waals surface area contributed by atoms with Crippen LogP contribution in [0.25, 0.3) is 0 Å². The molecule has 0 atom stereocenters. The van der Waals surface area contributed by atoms with Crippen LogP contribution < -0.4 is 0 Å². The molecule has 3 nitrogen and oxygen atoms in total. The normalized spacial score (nSPS) is 20.6. The molecule has 0 spiro atoms. The highest BCUT2D eigenvalue weighted by Gasteiger charge is 2.40. The number of carbonyl (C=O) groups is 1. The number of carboxylic acids is 1.